The number of hydrogen-bond acceptors (Lipinski definition) is 3. The summed E-state index contributed by atoms with van der Waals surface area (Å²) < 4.78 is 19.1. The predicted molar refractivity (Wildman–Crippen MR) is 100 cm³/mol. The van der Waals surface area contributed by atoms with E-state index in [0.29, 0.717) is 5.56 Å². The van der Waals surface area contributed by atoms with Crippen LogP contribution in [-0.2, 0) is 0 Å². The highest BCUT2D eigenvalue weighted by molar-refractivity contribution is 6.06. The summed E-state index contributed by atoms with van der Waals surface area (Å²) in [6.45, 7) is 5.83. The van der Waals surface area contributed by atoms with Gasteiger partial charge in [0.15, 0.2) is 11.6 Å². The van der Waals surface area contributed by atoms with Crippen molar-refractivity contribution in [2.24, 2.45) is 0 Å². The second-order valence-corrected chi connectivity index (χ2v) is 6.45. The Morgan fingerprint density at radius 3 is 2.73 bits per heavy atom. The first-order valence-corrected chi connectivity index (χ1v) is 8.50. The summed E-state index contributed by atoms with van der Waals surface area (Å²) in [5.41, 5.74) is 3.21. The van der Waals surface area contributed by atoms with Crippen LogP contribution in [0, 0.1) is 19.7 Å². The van der Waals surface area contributed by atoms with Crippen LogP contribution in [0.3, 0.4) is 0 Å². The van der Waals surface area contributed by atoms with E-state index in [9.17, 15) is 9.18 Å². The number of halogens is 1. The molecule has 1 heterocycles. The first kappa shape index (κ1) is 17.9. The minimum absolute atomic E-state index is 0.174. The summed E-state index contributed by atoms with van der Waals surface area (Å²) in [6, 6.07) is 13.6. The van der Waals surface area contributed by atoms with Crippen molar-refractivity contribution in [2.45, 2.75) is 26.8 Å². The Kier molecular flexibility index (Phi) is 5.16. The smallest absolute Gasteiger partial charge is 0.252 e. The summed E-state index contributed by atoms with van der Waals surface area (Å²) >= 11 is 0. The highest BCUT2D eigenvalue weighted by Gasteiger charge is 2.15. The normalized spacial score (nSPS) is 12.0. The number of nitrogens with zero attached hydrogens (tertiary/aromatic N) is 1. The number of fused-ring (bicyclic) bond motifs is 1. The number of pyridine rings is 1. The summed E-state index contributed by atoms with van der Waals surface area (Å²) in [4.78, 5) is 17.2. The number of aromatic nitrogens is 1. The van der Waals surface area contributed by atoms with E-state index in [4.69, 9.17) is 4.74 Å². The van der Waals surface area contributed by atoms with E-state index in [1.54, 1.807) is 24.3 Å². The lowest BCUT2D eigenvalue weighted by molar-refractivity contribution is 0.0927. The Morgan fingerprint density at radius 2 is 1.96 bits per heavy atom. The van der Waals surface area contributed by atoms with E-state index in [0.717, 1.165) is 22.2 Å². The summed E-state index contributed by atoms with van der Waals surface area (Å²) in [5.74, 6) is -0.442. The molecule has 0 aliphatic heterocycles. The lowest BCUT2D eigenvalue weighted by atomic mass is 10.0. The van der Waals surface area contributed by atoms with Crippen LogP contribution in [-0.4, -0.2) is 23.5 Å². The predicted octanol–water partition coefficient (Wildman–Crippen LogP) is 4.19. The monoisotopic (exact) mass is 352 g/mol. The number of carbonyl (C=O) groups excluding carboxylic acids is 1. The second-order valence-electron chi connectivity index (χ2n) is 6.45. The Balaban J connectivity index is 1.74. The number of benzene rings is 2. The van der Waals surface area contributed by atoms with E-state index in [2.05, 4.69) is 10.3 Å². The molecule has 2 aromatic carbocycles. The topological polar surface area (TPSA) is 51.2 Å². The van der Waals surface area contributed by atoms with Gasteiger partial charge in [0, 0.05) is 11.1 Å². The average Bonchev–Trinajstić information content (AvgIpc) is 2.60. The third-order valence-electron chi connectivity index (χ3n) is 4.04. The maximum atomic E-state index is 13.6. The molecular formula is C21H21FN2O2. The van der Waals surface area contributed by atoms with Gasteiger partial charge in [-0.3, -0.25) is 9.78 Å². The van der Waals surface area contributed by atoms with Gasteiger partial charge in [0.05, 0.1) is 17.1 Å². The molecule has 0 saturated heterocycles. The number of amides is 1. The van der Waals surface area contributed by atoms with Gasteiger partial charge >= 0.3 is 0 Å². The molecule has 0 aliphatic rings. The number of para-hydroxylation sites is 1. The highest BCUT2D eigenvalue weighted by Crippen LogP contribution is 2.20. The molecule has 1 amide bonds. The molecule has 0 fully saturated rings. The maximum Gasteiger partial charge on any atom is 0.252 e. The molecule has 0 aliphatic carbocycles. The minimum atomic E-state index is -0.419. The summed E-state index contributed by atoms with van der Waals surface area (Å²) in [6.07, 6.45) is 0. The summed E-state index contributed by atoms with van der Waals surface area (Å²) in [7, 11) is 0. The van der Waals surface area contributed by atoms with Crippen LogP contribution in [0.4, 0.5) is 4.39 Å². The molecule has 1 N–H and O–H groups in total. The van der Waals surface area contributed by atoms with Gasteiger partial charge in [0.2, 0.25) is 0 Å². The van der Waals surface area contributed by atoms with Crippen molar-refractivity contribution in [2.75, 3.05) is 6.61 Å². The average molecular weight is 352 g/mol. The van der Waals surface area contributed by atoms with Crippen molar-refractivity contribution in [3.05, 3.63) is 71.2 Å². The standard InChI is InChI=1S/C21H21FN2O2/c1-13-8-9-19-16(10-13)17(11-14(2)23-19)21(25)24-15(3)12-26-20-7-5-4-6-18(20)22/h4-11,15H,12H2,1-3H3,(H,24,25). The van der Waals surface area contributed by atoms with Crippen LogP contribution >= 0.6 is 0 Å². The molecule has 1 unspecified atom stereocenters. The van der Waals surface area contributed by atoms with Crippen molar-refractivity contribution >= 4 is 16.8 Å². The van der Waals surface area contributed by atoms with Crippen LogP contribution in [0.1, 0.15) is 28.5 Å². The van der Waals surface area contributed by atoms with E-state index < -0.39 is 5.82 Å². The van der Waals surface area contributed by atoms with E-state index in [-0.39, 0.29) is 24.3 Å². The number of carbonyl (C=O) groups is 1. The van der Waals surface area contributed by atoms with Crippen LogP contribution in [0.5, 0.6) is 5.75 Å². The molecule has 0 spiro atoms. The van der Waals surface area contributed by atoms with Crippen molar-refractivity contribution in [3.63, 3.8) is 0 Å². The third kappa shape index (κ3) is 3.99. The van der Waals surface area contributed by atoms with Gasteiger partial charge in [-0.2, -0.15) is 0 Å². The zero-order chi connectivity index (χ0) is 18.7. The number of hydrogen-bond donors (Lipinski definition) is 1. The van der Waals surface area contributed by atoms with Crippen molar-refractivity contribution < 1.29 is 13.9 Å². The van der Waals surface area contributed by atoms with Crippen LogP contribution in [0.15, 0.2) is 48.5 Å². The van der Waals surface area contributed by atoms with Gasteiger partial charge in [-0.15, -0.1) is 0 Å². The molecule has 4 nitrogen and oxygen atoms in total. The fraction of sp³-hybridized carbons (Fsp3) is 0.238. The zero-order valence-electron chi connectivity index (χ0n) is 15.0. The third-order valence-corrected chi connectivity index (χ3v) is 4.04. The molecule has 5 heteroatoms. The van der Waals surface area contributed by atoms with Gasteiger partial charge in [-0.25, -0.2) is 4.39 Å². The Morgan fingerprint density at radius 1 is 1.19 bits per heavy atom. The van der Waals surface area contributed by atoms with E-state index >= 15 is 0 Å². The van der Waals surface area contributed by atoms with Gasteiger partial charge in [-0.05, 0) is 51.1 Å². The van der Waals surface area contributed by atoms with Crippen molar-refractivity contribution in [1.29, 1.82) is 0 Å². The number of rotatable bonds is 5. The molecule has 1 aromatic heterocycles. The molecule has 3 aromatic rings. The molecule has 1 atom stereocenters. The van der Waals surface area contributed by atoms with E-state index in [1.165, 1.54) is 6.07 Å². The first-order chi connectivity index (χ1) is 12.4. The second kappa shape index (κ2) is 7.52. The minimum Gasteiger partial charge on any atom is -0.488 e. The summed E-state index contributed by atoms with van der Waals surface area (Å²) in [5, 5.41) is 3.73. The molecule has 26 heavy (non-hydrogen) atoms. The van der Waals surface area contributed by atoms with Gasteiger partial charge in [-0.1, -0.05) is 23.8 Å². The molecule has 3 rings (SSSR count). The Bertz CT molecular complexity index is 956. The van der Waals surface area contributed by atoms with Gasteiger partial charge in [0.1, 0.15) is 6.61 Å². The fourth-order valence-electron chi connectivity index (χ4n) is 2.78. The molecule has 0 radical (unpaired) electrons. The maximum absolute atomic E-state index is 13.6. The molecule has 0 bridgehead atoms. The largest absolute Gasteiger partial charge is 0.488 e. The Hall–Kier alpha value is -2.95. The van der Waals surface area contributed by atoms with Gasteiger partial charge in [0.25, 0.3) is 5.91 Å². The lowest BCUT2D eigenvalue weighted by Crippen LogP contribution is -2.37. The number of nitrogens with one attached hydrogen (secondary N) is 1. The van der Waals surface area contributed by atoms with Crippen LogP contribution in [0.25, 0.3) is 10.9 Å². The van der Waals surface area contributed by atoms with Crippen molar-refractivity contribution in [3.8, 4) is 5.75 Å². The number of aryl methyl sites for hydroxylation is 2. The number of ether oxygens (including phenoxy) is 1. The molecular weight excluding hydrogens is 331 g/mol. The Labute approximate surface area is 152 Å². The van der Waals surface area contributed by atoms with Crippen molar-refractivity contribution in [1.82, 2.24) is 10.3 Å². The SMILES string of the molecule is Cc1ccc2nc(C)cc(C(=O)NC(C)COc3ccccc3F)c2c1. The lowest BCUT2D eigenvalue weighted by Gasteiger charge is -2.16. The zero-order valence-corrected chi connectivity index (χ0v) is 15.0. The van der Waals surface area contributed by atoms with Crippen LogP contribution < -0.4 is 10.1 Å². The highest BCUT2D eigenvalue weighted by atomic mass is 19.1. The first-order valence-electron chi connectivity index (χ1n) is 8.50. The quantitative estimate of drug-likeness (QED) is 0.749. The molecule has 0 saturated carbocycles. The fourth-order valence-corrected chi connectivity index (χ4v) is 2.78. The molecule has 134 valence electrons. The van der Waals surface area contributed by atoms with Crippen LogP contribution in [0.2, 0.25) is 0 Å². The van der Waals surface area contributed by atoms with Gasteiger partial charge < -0.3 is 10.1 Å². The van der Waals surface area contributed by atoms with E-state index in [1.807, 2.05) is 39.0 Å².